The zero-order valence-electron chi connectivity index (χ0n) is 18.4. The van der Waals surface area contributed by atoms with Gasteiger partial charge in [0, 0.05) is 26.7 Å². The molecule has 27 heavy (non-hydrogen) atoms. The summed E-state index contributed by atoms with van der Waals surface area (Å²) in [6.45, 7) is 6.41. The molecular formula is C23H46O4. The number of hydrogen-bond donors (Lipinski definition) is 0. The highest BCUT2D eigenvalue weighted by Gasteiger charge is 2.08. The van der Waals surface area contributed by atoms with Crippen LogP contribution >= 0.6 is 0 Å². The van der Waals surface area contributed by atoms with E-state index in [1.807, 2.05) is 6.08 Å². The summed E-state index contributed by atoms with van der Waals surface area (Å²) in [6, 6.07) is 0. The van der Waals surface area contributed by atoms with Crippen LogP contribution in [-0.2, 0) is 18.9 Å². The molecule has 0 amide bonds. The SMILES string of the molecule is CCCCCCCCOC(CCC=COCOC)OCCCCCCCC. The number of ether oxygens (including phenoxy) is 4. The molecule has 4 heteroatoms. The first-order chi connectivity index (χ1) is 13.3. The van der Waals surface area contributed by atoms with E-state index in [1.54, 1.807) is 13.4 Å². The van der Waals surface area contributed by atoms with Crippen LogP contribution in [0.4, 0.5) is 0 Å². The smallest absolute Gasteiger partial charge is 0.187 e. The number of rotatable bonds is 22. The molecule has 0 bridgehead atoms. The summed E-state index contributed by atoms with van der Waals surface area (Å²) >= 11 is 0. The average Bonchev–Trinajstić information content (AvgIpc) is 2.68. The Morgan fingerprint density at radius 1 is 0.704 bits per heavy atom. The molecule has 0 atom stereocenters. The second-order valence-corrected chi connectivity index (χ2v) is 7.23. The topological polar surface area (TPSA) is 36.9 Å². The van der Waals surface area contributed by atoms with Gasteiger partial charge in [-0.2, -0.15) is 0 Å². The summed E-state index contributed by atoms with van der Waals surface area (Å²) in [4.78, 5) is 0. The zero-order chi connectivity index (χ0) is 19.8. The Kier molecular flexibility index (Phi) is 23.0. The summed E-state index contributed by atoms with van der Waals surface area (Å²) in [5.41, 5.74) is 0. The van der Waals surface area contributed by atoms with Crippen LogP contribution in [0.25, 0.3) is 0 Å². The molecule has 4 nitrogen and oxygen atoms in total. The lowest BCUT2D eigenvalue weighted by Gasteiger charge is -2.18. The third kappa shape index (κ3) is 21.6. The molecule has 0 aliphatic heterocycles. The third-order valence-electron chi connectivity index (χ3n) is 4.55. The van der Waals surface area contributed by atoms with E-state index in [-0.39, 0.29) is 6.29 Å². The van der Waals surface area contributed by atoms with E-state index in [9.17, 15) is 0 Å². The molecule has 0 heterocycles. The Bertz CT molecular complexity index is 276. The van der Waals surface area contributed by atoms with Crippen LogP contribution in [0.5, 0.6) is 0 Å². The molecule has 0 rings (SSSR count). The monoisotopic (exact) mass is 386 g/mol. The molecule has 0 aliphatic rings. The lowest BCUT2D eigenvalue weighted by Crippen LogP contribution is -2.18. The Balaban J connectivity index is 3.86. The van der Waals surface area contributed by atoms with Crippen LogP contribution in [0.15, 0.2) is 12.3 Å². The Labute approximate surface area is 169 Å². The normalized spacial score (nSPS) is 11.7. The van der Waals surface area contributed by atoms with Gasteiger partial charge in [0.2, 0.25) is 0 Å². The van der Waals surface area contributed by atoms with Crippen LogP contribution in [0.3, 0.4) is 0 Å². The van der Waals surface area contributed by atoms with E-state index < -0.39 is 0 Å². The Morgan fingerprint density at radius 3 is 1.74 bits per heavy atom. The molecule has 0 N–H and O–H groups in total. The van der Waals surface area contributed by atoms with Gasteiger partial charge >= 0.3 is 0 Å². The quantitative estimate of drug-likeness (QED) is 0.114. The van der Waals surface area contributed by atoms with Gasteiger partial charge < -0.3 is 18.9 Å². The molecule has 0 aromatic heterocycles. The van der Waals surface area contributed by atoms with Crippen molar-refractivity contribution in [1.29, 1.82) is 0 Å². The van der Waals surface area contributed by atoms with Crippen molar-refractivity contribution in [2.75, 3.05) is 27.1 Å². The third-order valence-corrected chi connectivity index (χ3v) is 4.55. The van der Waals surface area contributed by atoms with Crippen molar-refractivity contribution < 1.29 is 18.9 Å². The Hall–Kier alpha value is -0.580. The highest BCUT2D eigenvalue weighted by molar-refractivity contribution is 4.73. The molecule has 0 saturated heterocycles. The minimum Gasteiger partial charge on any atom is -0.476 e. The van der Waals surface area contributed by atoms with E-state index >= 15 is 0 Å². The minimum atomic E-state index is -0.0941. The molecule has 0 saturated carbocycles. The maximum Gasteiger partial charge on any atom is 0.187 e. The fourth-order valence-corrected chi connectivity index (χ4v) is 2.88. The van der Waals surface area contributed by atoms with Crippen LogP contribution in [-0.4, -0.2) is 33.4 Å². The van der Waals surface area contributed by atoms with Gasteiger partial charge in [-0.1, -0.05) is 78.1 Å². The second-order valence-electron chi connectivity index (χ2n) is 7.23. The molecule has 0 aromatic rings. The van der Waals surface area contributed by atoms with Crippen LogP contribution in [0, 0.1) is 0 Å². The van der Waals surface area contributed by atoms with Crippen molar-refractivity contribution in [2.45, 2.75) is 110 Å². The molecule has 0 spiro atoms. The van der Waals surface area contributed by atoms with Crippen LogP contribution in [0.2, 0.25) is 0 Å². The predicted molar refractivity (Wildman–Crippen MR) is 114 cm³/mol. The Morgan fingerprint density at radius 2 is 1.22 bits per heavy atom. The van der Waals surface area contributed by atoms with Crippen molar-refractivity contribution in [2.24, 2.45) is 0 Å². The van der Waals surface area contributed by atoms with Crippen LogP contribution < -0.4 is 0 Å². The van der Waals surface area contributed by atoms with Crippen molar-refractivity contribution in [3.8, 4) is 0 Å². The van der Waals surface area contributed by atoms with Crippen molar-refractivity contribution in [3.63, 3.8) is 0 Å². The van der Waals surface area contributed by atoms with Gasteiger partial charge in [-0.25, -0.2) is 0 Å². The van der Waals surface area contributed by atoms with Gasteiger partial charge in [-0.15, -0.1) is 0 Å². The summed E-state index contributed by atoms with van der Waals surface area (Å²) < 4.78 is 22.0. The standard InChI is InChI=1S/C23H46O4/c1-4-6-8-10-12-15-20-26-23(18-14-17-19-25-22-24-3)27-21-16-13-11-9-7-5-2/h17,19,23H,4-16,18,20-22H2,1-3H3. The van der Waals surface area contributed by atoms with E-state index in [1.165, 1.54) is 64.2 Å². The minimum absolute atomic E-state index is 0.0941. The molecule has 0 unspecified atom stereocenters. The maximum absolute atomic E-state index is 6.00. The highest BCUT2D eigenvalue weighted by atomic mass is 16.7. The van der Waals surface area contributed by atoms with E-state index in [4.69, 9.17) is 18.9 Å². The molecular weight excluding hydrogens is 340 g/mol. The van der Waals surface area contributed by atoms with Gasteiger partial charge in [0.1, 0.15) is 0 Å². The highest BCUT2D eigenvalue weighted by Crippen LogP contribution is 2.11. The first-order valence-corrected chi connectivity index (χ1v) is 11.3. The molecule has 0 aliphatic carbocycles. The number of methoxy groups -OCH3 is 1. The van der Waals surface area contributed by atoms with Gasteiger partial charge in [-0.05, 0) is 25.3 Å². The van der Waals surface area contributed by atoms with Crippen LogP contribution in [0.1, 0.15) is 104 Å². The number of allylic oxidation sites excluding steroid dienone is 1. The lowest BCUT2D eigenvalue weighted by atomic mass is 10.1. The fourth-order valence-electron chi connectivity index (χ4n) is 2.88. The summed E-state index contributed by atoms with van der Waals surface area (Å²) in [5, 5.41) is 0. The average molecular weight is 387 g/mol. The predicted octanol–water partition coefficient (Wildman–Crippen LogP) is 6.98. The van der Waals surface area contributed by atoms with Crippen molar-refractivity contribution in [1.82, 2.24) is 0 Å². The van der Waals surface area contributed by atoms with Crippen molar-refractivity contribution in [3.05, 3.63) is 12.3 Å². The summed E-state index contributed by atoms with van der Waals surface area (Å²) in [7, 11) is 1.62. The lowest BCUT2D eigenvalue weighted by molar-refractivity contribution is -0.146. The summed E-state index contributed by atoms with van der Waals surface area (Å²) in [5.74, 6) is 0. The molecule has 0 aromatic carbocycles. The van der Waals surface area contributed by atoms with E-state index in [0.717, 1.165) is 38.9 Å². The zero-order valence-corrected chi connectivity index (χ0v) is 18.4. The van der Waals surface area contributed by atoms with Gasteiger partial charge in [-0.3, -0.25) is 0 Å². The number of hydrogen-bond acceptors (Lipinski definition) is 4. The first-order valence-electron chi connectivity index (χ1n) is 11.3. The van der Waals surface area contributed by atoms with E-state index in [2.05, 4.69) is 13.8 Å². The molecule has 0 radical (unpaired) electrons. The molecule has 0 fully saturated rings. The van der Waals surface area contributed by atoms with Gasteiger partial charge in [0.05, 0.1) is 6.26 Å². The van der Waals surface area contributed by atoms with E-state index in [0.29, 0.717) is 6.79 Å². The molecule has 162 valence electrons. The van der Waals surface area contributed by atoms with Crippen molar-refractivity contribution >= 4 is 0 Å². The largest absolute Gasteiger partial charge is 0.476 e. The fraction of sp³-hybridized carbons (Fsp3) is 0.913. The maximum atomic E-state index is 6.00. The van der Waals surface area contributed by atoms with Gasteiger partial charge in [0.15, 0.2) is 13.1 Å². The summed E-state index contributed by atoms with van der Waals surface area (Å²) in [6.07, 6.45) is 20.8. The second kappa shape index (κ2) is 23.5. The van der Waals surface area contributed by atoms with Gasteiger partial charge in [0.25, 0.3) is 0 Å². The first kappa shape index (κ1) is 26.4. The number of unbranched alkanes of at least 4 members (excludes halogenated alkanes) is 10.